The molecule has 0 atom stereocenters. The Morgan fingerprint density at radius 1 is 1.08 bits per heavy atom. The standard InChI is InChI=1S/C4H2Br2Cl2F4/c5-4(6,8)3(11,12)2(9,10)1-7/h1H2. The molecule has 0 aliphatic carbocycles. The second kappa shape index (κ2) is 3.79. The number of rotatable bonds is 3. The Morgan fingerprint density at radius 3 is 1.50 bits per heavy atom. The predicted octanol–water partition coefficient (Wildman–Crippen LogP) is 4.18. The van der Waals surface area contributed by atoms with Gasteiger partial charge in [-0.3, -0.25) is 0 Å². The Bertz CT molecular complexity index is 167. The lowest BCUT2D eigenvalue weighted by Gasteiger charge is -2.30. The summed E-state index contributed by atoms with van der Waals surface area (Å²) in [5.41, 5.74) is 0. The molecule has 0 saturated carbocycles. The molecule has 8 heteroatoms. The number of hydrogen-bond acceptors (Lipinski definition) is 0. The van der Waals surface area contributed by atoms with Crippen molar-refractivity contribution >= 4 is 55.1 Å². The van der Waals surface area contributed by atoms with Gasteiger partial charge in [-0.1, -0.05) is 11.6 Å². The van der Waals surface area contributed by atoms with Crippen molar-refractivity contribution in [1.82, 2.24) is 0 Å². The van der Waals surface area contributed by atoms with Gasteiger partial charge >= 0.3 is 11.8 Å². The van der Waals surface area contributed by atoms with E-state index in [0.717, 1.165) is 0 Å². The molecule has 0 heterocycles. The smallest absolute Gasteiger partial charge is 0.198 e. The minimum atomic E-state index is -4.48. The first kappa shape index (κ1) is 13.3. The SMILES string of the molecule is FC(F)(CCl)C(F)(F)C(Cl)(Br)Br. The largest absolute Gasteiger partial charge is 0.349 e. The molecule has 0 aromatic heterocycles. The minimum absolute atomic E-state index is 1.51. The van der Waals surface area contributed by atoms with Gasteiger partial charge in [-0.15, -0.1) is 11.6 Å². The van der Waals surface area contributed by atoms with Crippen LogP contribution in [0.25, 0.3) is 0 Å². The fourth-order valence-electron chi connectivity index (χ4n) is 0.291. The van der Waals surface area contributed by atoms with Gasteiger partial charge in [-0.2, -0.15) is 17.6 Å². The van der Waals surface area contributed by atoms with Crippen molar-refractivity contribution in [2.75, 3.05) is 5.88 Å². The van der Waals surface area contributed by atoms with Gasteiger partial charge in [0.25, 0.3) is 0 Å². The van der Waals surface area contributed by atoms with Crippen LogP contribution in [0.2, 0.25) is 0 Å². The van der Waals surface area contributed by atoms with E-state index in [0.29, 0.717) is 0 Å². The van der Waals surface area contributed by atoms with Crippen LogP contribution in [0.4, 0.5) is 17.6 Å². The maximum atomic E-state index is 12.6. The van der Waals surface area contributed by atoms with E-state index < -0.39 is 20.4 Å². The molecule has 0 aromatic rings. The fourth-order valence-corrected chi connectivity index (χ4v) is 1.18. The van der Waals surface area contributed by atoms with Crippen LogP contribution in [0.3, 0.4) is 0 Å². The quantitative estimate of drug-likeness (QED) is 0.526. The lowest BCUT2D eigenvalue weighted by atomic mass is 10.2. The van der Waals surface area contributed by atoms with E-state index in [1.807, 2.05) is 0 Å². The highest BCUT2D eigenvalue weighted by Gasteiger charge is 2.66. The van der Waals surface area contributed by atoms with Crippen LogP contribution in [0, 0.1) is 0 Å². The molecular formula is C4H2Br2Cl2F4. The summed E-state index contributed by atoms with van der Waals surface area (Å²) in [5.74, 6) is -10.4. The molecule has 0 spiro atoms. The average molecular weight is 357 g/mol. The zero-order valence-corrected chi connectivity index (χ0v) is 9.91. The van der Waals surface area contributed by atoms with Gasteiger partial charge in [0.05, 0.1) is 5.88 Å². The molecule has 0 nitrogen and oxygen atoms in total. The Balaban J connectivity index is 4.85. The Hall–Kier alpha value is 1.26. The Labute approximate surface area is 92.8 Å². The van der Waals surface area contributed by atoms with Gasteiger partial charge in [0.1, 0.15) is 0 Å². The molecular weight excluding hydrogens is 355 g/mol. The topological polar surface area (TPSA) is 0 Å². The first-order chi connectivity index (χ1) is 5.06. The molecule has 0 rings (SSSR count). The number of alkyl halides is 8. The summed E-state index contributed by atoms with van der Waals surface area (Å²) in [6.45, 7) is 0. The van der Waals surface area contributed by atoms with E-state index >= 15 is 0 Å². The average Bonchev–Trinajstić information content (AvgIpc) is 1.85. The van der Waals surface area contributed by atoms with E-state index in [-0.39, 0.29) is 0 Å². The van der Waals surface area contributed by atoms with Crippen molar-refractivity contribution < 1.29 is 17.6 Å². The highest BCUT2D eigenvalue weighted by molar-refractivity contribution is 9.26. The zero-order chi connectivity index (χ0) is 10.2. The monoisotopic (exact) mass is 354 g/mol. The Morgan fingerprint density at radius 2 is 1.42 bits per heavy atom. The predicted molar refractivity (Wildman–Crippen MR) is 47.1 cm³/mol. The van der Waals surface area contributed by atoms with Gasteiger partial charge in [0.15, 0.2) is 0 Å². The zero-order valence-electron chi connectivity index (χ0n) is 5.23. The molecule has 0 aromatic carbocycles. The van der Waals surface area contributed by atoms with Crippen LogP contribution in [-0.4, -0.2) is 20.4 Å². The molecule has 0 aliphatic rings. The van der Waals surface area contributed by atoms with Crippen molar-refractivity contribution in [2.24, 2.45) is 0 Å². The highest BCUT2D eigenvalue weighted by Crippen LogP contribution is 2.53. The molecule has 0 saturated heterocycles. The molecule has 0 amide bonds. The molecule has 74 valence electrons. The molecule has 0 fully saturated rings. The lowest BCUT2D eigenvalue weighted by molar-refractivity contribution is -0.188. The Kier molecular flexibility index (Phi) is 4.18. The van der Waals surface area contributed by atoms with E-state index in [1.165, 1.54) is 0 Å². The number of hydrogen-bond donors (Lipinski definition) is 0. The fraction of sp³-hybridized carbons (Fsp3) is 1.00. The summed E-state index contributed by atoms with van der Waals surface area (Å²) >= 11 is 13.9. The summed E-state index contributed by atoms with van der Waals surface area (Å²) in [5, 5.41) is 0. The van der Waals surface area contributed by atoms with E-state index in [2.05, 4.69) is 43.5 Å². The van der Waals surface area contributed by atoms with Crippen LogP contribution in [0.15, 0.2) is 0 Å². The van der Waals surface area contributed by atoms with Crippen LogP contribution in [0.5, 0.6) is 0 Å². The highest BCUT2D eigenvalue weighted by atomic mass is 79.9. The van der Waals surface area contributed by atoms with Crippen LogP contribution in [-0.2, 0) is 0 Å². The van der Waals surface area contributed by atoms with Crippen LogP contribution in [0.1, 0.15) is 0 Å². The summed E-state index contributed by atoms with van der Waals surface area (Å²) < 4.78 is 47.4. The molecule has 0 radical (unpaired) electrons. The summed E-state index contributed by atoms with van der Waals surface area (Å²) in [7, 11) is 0. The van der Waals surface area contributed by atoms with Crippen molar-refractivity contribution in [3.05, 3.63) is 0 Å². The van der Waals surface area contributed by atoms with Crippen molar-refractivity contribution in [3.8, 4) is 0 Å². The van der Waals surface area contributed by atoms with Gasteiger partial charge in [-0.25, -0.2) is 0 Å². The maximum absolute atomic E-state index is 12.6. The van der Waals surface area contributed by atoms with Crippen LogP contribution >= 0.6 is 55.1 Å². The first-order valence-electron chi connectivity index (χ1n) is 2.44. The second-order valence-electron chi connectivity index (χ2n) is 1.91. The van der Waals surface area contributed by atoms with E-state index in [9.17, 15) is 17.6 Å². The first-order valence-corrected chi connectivity index (χ1v) is 4.94. The molecule has 0 aliphatic heterocycles. The van der Waals surface area contributed by atoms with E-state index in [1.54, 1.807) is 0 Å². The van der Waals surface area contributed by atoms with E-state index in [4.69, 9.17) is 11.6 Å². The lowest BCUT2D eigenvalue weighted by Crippen LogP contribution is -2.50. The second-order valence-corrected chi connectivity index (χ2v) is 7.10. The molecule has 0 unspecified atom stereocenters. The molecule has 12 heavy (non-hydrogen) atoms. The van der Waals surface area contributed by atoms with Crippen molar-refractivity contribution in [3.63, 3.8) is 0 Å². The maximum Gasteiger partial charge on any atom is 0.349 e. The van der Waals surface area contributed by atoms with Gasteiger partial charge < -0.3 is 0 Å². The third-order valence-electron chi connectivity index (χ3n) is 0.983. The van der Waals surface area contributed by atoms with Crippen LogP contribution < -0.4 is 0 Å². The minimum Gasteiger partial charge on any atom is -0.198 e. The van der Waals surface area contributed by atoms with Gasteiger partial charge in [0.2, 0.25) is 2.69 Å². The summed E-state index contributed by atoms with van der Waals surface area (Å²) in [6, 6.07) is 0. The summed E-state index contributed by atoms with van der Waals surface area (Å²) in [4.78, 5) is 0. The van der Waals surface area contributed by atoms with Gasteiger partial charge in [-0.05, 0) is 31.9 Å². The van der Waals surface area contributed by atoms with Crippen molar-refractivity contribution in [1.29, 1.82) is 0 Å². The molecule has 0 N–H and O–H groups in total. The third-order valence-corrected chi connectivity index (χ3v) is 2.55. The van der Waals surface area contributed by atoms with Gasteiger partial charge in [0, 0.05) is 0 Å². The molecule has 0 bridgehead atoms. The summed E-state index contributed by atoms with van der Waals surface area (Å²) in [6.07, 6.45) is 0. The number of halogens is 8. The third kappa shape index (κ3) is 2.39. The normalized spacial score (nSPS) is 15.0. The van der Waals surface area contributed by atoms with Crippen molar-refractivity contribution in [2.45, 2.75) is 14.5 Å².